The van der Waals surface area contributed by atoms with Crippen LogP contribution in [0.2, 0.25) is 0 Å². The highest BCUT2D eigenvalue weighted by molar-refractivity contribution is 6.01. The van der Waals surface area contributed by atoms with E-state index < -0.39 is 231 Å². The quantitative estimate of drug-likeness (QED) is 0.0144. The largest absolute Gasteiger partial charge is 0.394 e. The van der Waals surface area contributed by atoms with Crippen molar-refractivity contribution in [1.82, 2.24) is 79.0 Å². The molecule has 1 aromatic heterocycles. The second-order valence-electron chi connectivity index (χ2n) is 29.8. The molecule has 2 aliphatic rings. The third-order valence-corrected chi connectivity index (χ3v) is 20.2. The number of carbonyl (C=O) groups is 15. The van der Waals surface area contributed by atoms with E-state index in [1.165, 1.54) is 0 Å². The number of aliphatic hydroxyl groups excluding tert-OH is 3. The summed E-state index contributed by atoms with van der Waals surface area (Å²) in [6.07, 6.45) is 3.45. The fraction of sp³-hybridized carbons (Fsp3) is 0.615. The molecule has 3 aromatic rings. The smallest absolute Gasteiger partial charge is 0.245 e. The van der Waals surface area contributed by atoms with Gasteiger partial charge in [-0.3, -0.25) is 77.3 Å². The molecule has 0 radical (unpaired) electrons. The number of para-hydroxylation sites is 1. The number of rotatable bonds is 41. The van der Waals surface area contributed by atoms with Gasteiger partial charge in [0, 0.05) is 81.3 Å². The Morgan fingerprint density at radius 2 is 1.26 bits per heavy atom. The highest BCUT2D eigenvalue weighted by atomic mass is 16.3. The normalized spacial score (nSPS) is 20.7. The number of nitrogens with two attached hydrogens (primary N) is 5. The van der Waals surface area contributed by atoms with E-state index >= 15 is 4.79 Å². The average Bonchev–Trinajstić information content (AvgIpc) is 1.69. The van der Waals surface area contributed by atoms with E-state index in [9.17, 15) is 82.4 Å². The van der Waals surface area contributed by atoms with Gasteiger partial charge in [0.25, 0.3) is 0 Å². The first-order valence-corrected chi connectivity index (χ1v) is 40.4. The van der Waals surface area contributed by atoms with E-state index in [-0.39, 0.29) is 89.9 Å². The molecule has 2 fully saturated rings. The van der Waals surface area contributed by atoms with E-state index in [4.69, 9.17) is 34.1 Å². The fourth-order valence-corrected chi connectivity index (χ4v) is 13.5. The Morgan fingerprint density at radius 1 is 0.641 bits per heavy atom. The lowest BCUT2D eigenvalue weighted by Gasteiger charge is -2.31. The fourth-order valence-electron chi connectivity index (χ4n) is 13.5. The summed E-state index contributed by atoms with van der Waals surface area (Å²) in [4.78, 5) is 215. The minimum atomic E-state index is -1.94. The van der Waals surface area contributed by atoms with Gasteiger partial charge < -0.3 is 123 Å². The van der Waals surface area contributed by atoms with Gasteiger partial charge in [-0.2, -0.15) is 0 Å². The molecule has 117 heavy (non-hydrogen) atoms. The first-order valence-electron chi connectivity index (χ1n) is 40.4. The molecule has 2 saturated heterocycles. The number of amides is 14. The Kier molecular flexibility index (Phi) is 42.5. The molecule has 648 valence electrons. The zero-order valence-electron chi connectivity index (χ0n) is 67.1. The molecule has 0 aliphatic carbocycles. The summed E-state index contributed by atoms with van der Waals surface area (Å²) in [6, 6.07) is -2.99. The maximum atomic E-state index is 15.3. The number of aromatic nitrogens is 1. The summed E-state index contributed by atoms with van der Waals surface area (Å²) in [7, 11) is 0. The second kappa shape index (κ2) is 51.4. The van der Waals surface area contributed by atoms with Gasteiger partial charge in [-0.25, -0.2) is 0 Å². The van der Waals surface area contributed by atoms with Crippen LogP contribution in [0.3, 0.4) is 0 Å². The van der Waals surface area contributed by atoms with Crippen LogP contribution in [0.5, 0.6) is 0 Å². The Hall–Kier alpha value is -10.7. The lowest BCUT2D eigenvalue weighted by atomic mass is 10.0. The number of nitrogens with zero attached hydrogens (tertiary/aromatic N) is 1. The second-order valence-corrected chi connectivity index (χ2v) is 29.8. The van der Waals surface area contributed by atoms with E-state index in [1.807, 2.05) is 12.1 Å². The number of aliphatic hydroxyl groups is 3. The molecule has 28 N–H and O–H groups in total. The maximum Gasteiger partial charge on any atom is 0.245 e. The SMILES string of the molecule is CCCCCCCCCC(=O)NCC(=O)N[C@@H](CO)C(=O)N[C@H](CCC(N)=O)C(=O)N[C@@H](CC(N)CN)C(=O)N[C@H](C(=O)N[C@@H](CCCC)C(=O)N[C@H]1CCC(=O)CNCCCC[C@@H](C(N)=O)NC(=O)[C@H](Cc2c[nH]c3ccccc23)NC(=O)[C@H](CCCNC(=N)N)NC(=O)[C@@H](Cc2ccccc2)NC(=O)[C@@H]2C[C@@H](O)CN2C1=O)C(C)O. The molecule has 0 saturated carbocycles. The first-order chi connectivity index (χ1) is 55.9. The van der Waals surface area contributed by atoms with Crippen molar-refractivity contribution in [2.75, 3.05) is 45.9 Å². The van der Waals surface area contributed by atoms with Crippen molar-refractivity contribution in [2.45, 2.75) is 260 Å². The molecular weight excluding hydrogens is 1520 g/mol. The molecule has 3 heterocycles. The molecule has 14 amide bonds. The predicted molar refractivity (Wildman–Crippen MR) is 431 cm³/mol. The van der Waals surface area contributed by atoms with Crippen molar-refractivity contribution < 1.29 is 87.2 Å². The highest BCUT2D eigenvalue weighted by Crippen LogP contribution is 2.24. The number of ketones is 1. The van der Waals surface area contributed by atoms with Crippen LogP contribution >= 0.6 is 0 Å². The van der Waals surface area contributed by atoms with Crippen LogP contribution < -0.4 is 97.8 Å². The van der Waals surface area contributed by atoms with Gasteiger partial charge in [0.2, 0.25) is 82.7 Å². The predicted octanol–water partition coefficient (Wildman–Crippen LogP) is -4.60. The number of unbranched alkanes of at least 4 members (excludes halogenated alkanes) is 7. The van der Waals surface area contributed by atoms with Gasteiger partial charge in [-0.15, -0.1) is 0 Å². The molecular formula is C78H123N21O18. The van der Waals surface area contributed by atoms with Gasteiger partial charge in [0.15, 0.2) is 5.96 Å². The lowest BCUT2D eigenvalue weighted by molar-refractivity contribution is -0.143. The van der Waals surface area contributed by atoms with Gasteiger partial charge >= 0.3 is 0 Å². The standard InChI is InChI=1S/C78H123N21O18/c1-4-6-8-9-10-11-15-28-64(105)88-42-65(106)89-61(44-100)74(114)92-56(31-32-63(81)104)70(110)96-60(37-48(80)39-79)73(113)98-66(45(3)101)76(116)93-54(24-7-5-2)68(108)94-57-30-29-49(102)41-85-33-19-18-26-53(67(82)107)90-72(112)59(36-47-40-87-52-25-17-16-23-51(47)52)95-69(109)55(27-20-34-86-78(83)84)91-71(111)58(35-46-21-13-12-14-22-46)97-75(115)62-38-50(103)43-99(62)77(57)117/h12-14,16-17,21-23,25,40,45,48,50,53-62,66,85,87,100-101,103H,4-11,15,18-20,24,26-39,41-44,79-80H2,1-3H3,(H2,81,104)(H2,82,107)(H,88,105)(H,89,106)(H,90,112)(H,91,111)(H,92,114)(H,93,116)(H,94,108)(H,95,109)(H,96,110)(H,97,115)(H,98,113)(H4,83,84,86)/t45?,48?,50-,53+,54+,55+,56-,57+,58-,59+,60+,61+,62+,66+/m1/s1. The van der Waals surface area contributed by atoms with Gasteiger partial charge in [0.1, 0.15) is 72.2 Å². The maximum absolute atomic E-state index is 15.3. The zero-order valence-corrected chi connectivity index (χ0v) is 67.1. The summed E-state index contributed by atoms with van der Waals surface area (Å²) < 4.78 is 0. The molecule has 2 aliphatic heterocycles. The molecule has 2 unspecified atom stereocenters. The third-order valence-electron chi connectivity index (χ3n) is 20.2. The number of H-pyrrole nitrogens is 1. The molecule has 0 bridgehead atoms. The molecule has 14 atom stereocenters. The van der Waals surface area contributed by atoms with Crippen molar-refractivity contribution in [2.24, 2.45) is 28.7 Å². The van der Waals surface area contributed by atoms with Crippen LogP contribution in [0, 0.1) is 5.41 Å². The summed E-state index contributed by atoms with van der Waals surface area (Å²) in [5, 5.41) is 74.8. The highest BCUT2D eigenvalue weighted by Gasteiger charge is 2.44. The van der Waals surface area contributed by atoms with Crippen LogP contribution in [0.4, 0.5) is 0 Å². The Morgan fingerprint density at radius 3 is 1.93 bits per heavy atom. The molecule has 2 aromatic carbocycles. The number of Topliss-reactive ketones (excluding diaryl/α,β-unsaturated/α-hetero) is 1. The van der Waals surface area contributed by atoms with E-state index in [2.05, 4.69) is 81.0 Å². The van der Waals surface area contributed by atoms with Crippen molar-refractivity contribution in [1.29, 1.82) is 5.41 Å². The monoisotopic (exact) mass is 1640 g/mol. The van der Waals surface area contributed by atoms with Crippen LogP contribution in [0.1, 0.15) is 173 Å². The van der Waals surface area contributed by atoms with E-state index in [0.717, 1.165) is 61.3 Å². The van der Waals surface area contributed by atoms with Gasteiger partial charge in [-0.05, 0) is 94.9 Å². The Bertz CT molecular complexity index is 3810. The third kappa shape index (κ3) is 34.2. The molecule has 5 rings (SSSR count). The van der Waals surface area contributed by atoms with Crippen molar-refractivity contribution >= 4 is 105 Å². The number of primary amides is 2. The van der Waals surface area contributed by atoms with Crippen molar-refractivity contribution in [3.8, 4) is 0 Å². The minimum absolute atomic E-state index is 0.0197. The summed E-state index contributed by atoms with van der Waals surface area (Å²) in [6.45, 7) is 2.62. The van der Waals surface area contributed by atoms with Crippen LogP contribution in [-0.2, 0) is 84.8 Å². The van der Waals surface area contributed by atoms with Crippen molar-refractivity contribution in [3.63, 3.8) is 0 Å². The number of hydrogen-bond donors (Lipinski definition) is 23. The van der Waals surface area contributed by atoms with Crippen LogP contribution in [-0.4, -0.2) is 250 Å². The summed E-state index contributed by atoms with van der Waals surface area (Å²) in [5.41, 5.74) is 30.8. The molecule has 39 heteroatoms. The molecule has 0 spiro atoms. The van der Waals surface area contributed by atoms with E-state index in [1.54, 1.807) is 55.6 Å². The Labute approximate surface area is 680 Å². The van der Waals surface area contributed by atoms with E-state index in [0.29, 0.717) is 30.4 Å². The topological polar surface area (TPSA) is 646 Å². The zero-order chi connectivity index (χ0) is 86.1. The number of benzene rings is 2. The number of guanidine groups is 1. The van der Waals surface area contributed by atoms with Crippen molar-refractivity contribution in [3.05, 3.63) is 71.9 Å². The lowest BCUT2D eigenvalue weighted by Crippen LogP contribution is -2.62. The van der Waals surface area contributed by atoms with Gasteiger partial charge in [0.05, 0.1) is 31.9 Å². The number of nitrogens with one attached hydrogen (secondary N) is 15. The minimum Gasteiger partial charge on any atom is -0.394 e. The molecule has 39 nitrogen and oxygen atoms in total. The summed E-state index contributed by atoms with van der Waals surface area (Å²) >= 11 is 0. The van der Waals surface area contributed by atoms with Crippen LogP contribution in [0.15, 0.2) is 60.8 Å². The van der Waals surface area contributed by atoms with Crippen LogP contribution in [0.25, 0.3) is 10.9 Å². The first kappa shape index (κ1) is 96.8. The van der Waals surface area contributed by atoms with Gasteiger partial charge in [-0.1, -0.05) is 114 Å². The average molecular weight is 1640 g/mol. The number of hydrogen-bond acceptors (Lipinski definition) is 22. The number of fused-ring (bicyclic) bond motifs is 2. The number of carbonyl (C=O) groups excluding carboxylic acids is 15. The summed E-state index contributed by atoms with van der Waals surface area (Å²) in [5.74, 6) is -14.1. The number of aromatic amines is 1. The Balaban J connectivity index is 1.42.